The van der Waals surface area contributed by atoms with Gasteiger partial charge >= 0.3 is 6.29 Å². The zero-order chi connectivity index (χ0) is 12.2. The van der Waals surface area contributed by atoms with E-state index in [1.807, 2.05) is 0 Å². The van der Waals surface area contributed by atoms with E-state index in [2.05, 4.69) is 28.6 Å². The van der Waals surface area contributed by atoms with Gasteiger partial charge in [0.1, 0.15) is 0 Å². The van der Waals surface area contributed by atoms with Crippen LogP contribution in [0, 0.1) is 0 Å². The molecule has 1 aliphatic rings. The first-order chi connectivity index (χ1) is 7.52. The topological polar surface area (TPSA) is 30.5 Å². The number of fused-ring (bicyclic) bond motifs is 1. The molecule has 0 aliphatic carbocycles. The second-order valence-corrected chi connectivity index (χ2v) is 3.29. The molecule has 5 heteroatoms. The first kappa shape index (κ1) is 12.5. The molecule has 1 aromatic rings. The van der Waals surface area contributed by atoms with Crippen molar-refractivity contribution in [2.45, 2.75) is 26.6 Å². The minimum absolute atomic E-state index is 0.0526. The van der Waals surface area contributed by atoms with Crippen LogP contribution in [0.2, 0.25) is 0 Å². The lowest BCUT2D eigenvalue weighted by molar-refractivity contribution is -0.286. The summed E-state index contributed by atoms with van der Waals surface area (Å²) in [5.41, 5.74) is 0.694. The predicted molar refractivity (Wildman–Crippen MR) is 58.2 cm³/mol. The van der Waals surface area contributed by atoms with Gasteiger partial charge in [0.25, 0.3) is 0 Å². The fraction of sp³-hybridized carbons (Fsp3) is 0.455. The number of ether oxygens (including phenoxy) is 2. The summed E-state index contributed by atoms with van der Waals surface area (Å²) >= 11 is 0. The van der Waals surface area contributed by atoms with Crippen LogP contribution in [0.5, 0.6) is 11.5 Å². The predicted octanol–water partition coefficient (Wildman–Crippen LogP) is 3.47. The van der Waals surface area contributed by atoms with Gasteiger partial charge in [0, 0.05) is 18.8 Å². The van der Waals surface area contributed by atoms with E-state index < -0.39 is 6.29 Å². The third-order valence-corrected chi connectivity index (χ3v) is 1.69. The number of hydrogen-bond donors (Lipinski definition) is 1. The van der Waals surface area contributed by atoms with Crippen molar-refractivity contribution in [1.82, 2.24) is 0 Å². The molecule has 16 heavy (non-hydrogen) atoms. The van der Waals surface area contributed by atoms with Crippen LogP contribution in [0.15, 0.2) is 18.2 Å². The Kier molecular flexibility index (Phi) is 3.93. The third kappa shape index (κ3) is 2.98. The Bertz CT molecular complexity index is 356. The molecule has 0 aromatic heterocycles. The Morgan fingerprint density at radius 3 is 2.31 bits per heavy atom. The Morgan fingerprint density at radius 2 is 1.75 bits per heavy atom. The number of anilines is 1. The highest BCUT2D eigenvalue weighted by molar-refractivity contribution is 5.55. The number of hydrogen-bond acceptors (Lipinski definition) is 3. The number of alkyl halides is 2. The highest BCUT2D eigenvalue weighted by atomic mass is 19.3. The Balaban J connectivity index is 0.000000386. The Labute approximate surface area is 93.4 Å². The molecule has 1 heterocycles. The lowest BCUT2D eigenvalue weighted by atomic mass is 10.3. The molecule has 2 rings (SSSR count). The van der Waals surface area contributed by atoms with Crippen molar-refractivity contribution >= 4 is 5.69 Å². The number of nitrogens with one attached hydrogen (secondary N) is 1. The highest BCUT2D eigenvalue weighted by Crippen LogP contribution is 2.41. The molecule has 0 atom stereocenters. The molecule has 90 valence electrons. The number of benzene rings is 1. The van der Waals surface area contributed by atoms with Gasteiger partial charge < -0.3 is 14.8 Å². The fourth-order valence-electron chi connectivity index (χ4n) is 1.10. The van der Waals surface area contributed by atoms with E-state index in [0.29, 0.717) is 5.69 Å². The third-order valence-electron chi connectivity index (χ3n) is 1.69. The van der Waals surface area contributed by atoms with E-state index in [4.69, 9.17) is 0 Å². The van der Waals surface area contributed by atoms with Gasteiger partial charge in [-0.2, -0.15) is 0 Å². The first-order valence-corrected chi connectivity index (χ1v) is 5.10. The molecular weight excluding hydrogens is 216 g/mol. The van der Waals surface area contributed by atoms with Gasteiger partial charge in [0.05, 0.1) is 0 Å². The number of halogens is 2. The molecule has 3 nitrogen and oxygen atoms in total. The molecule has 1 aliphatic heterocycles. The van der Waals surface area contributed by atoms with Gasteiger partial charge in [-0.3, -0.25) is 0 Å². The van der Waals surface area contributed by atoms with Crippen LogP contribution in [-0.4, -0.2) is 13.3 Å². The summed E-state index contributed by atoms with van der Waals surface area (Å²) in [7, 11) is 1.69. The van der Waals surface area contributed by atoms with E-state index in [1.165, 1.54) is 18.6 Å². The second-order valence-electron chi connectivity index (χ2n) is 3.29. The molecule has 1 aromatic carbocycles. The minimum atomic E-state index is -3.53. The van der Waals surface area contributed by atoms with Crippen LogP contribution in [0.1, 0.15) is 20.3 Å². The van der Waals surface area contributed by atoms with Crippen LogP contribution in [0.25, 0.3) is 0 Å². The molecular formula is C11H15F2NO2. The Morgan fingerprint density at radius 1 is 1.19 bits per heavy atom. The zero-order valence-corrected chi connectivity index (χ0v) is 9.51. The van der Waals surface area contributed by atoms with Crippen molar-refractivity contribution in [1.29, 1.82) is 0 Å². The van der Waals surface area contributed by atoms with E-state index in [-0.39, 0.29) is 11.5 Å². The maximum Gasteiger partial charge on any atom is 0.586 e. The molecule has 0 saturated carbocycles. The van der Waals surface area contributed by atoms with Crippen LogP contribution >= 0.6 is 0 Å². The van der Waals surface area contributed by atoms with Crippen molar-refractivity contribution in [2.24, 2.45) is 0 Å². The Hall–Kier alpha value is -1.52. The van der Waals surface area contributed by atoms with Crippen molar-refractivity contribution in [2.75, 3.05) is 12.4 Å². The molecule has 0 spiro atoms. The molecule has 0 amide bonds. The summed E-state index contributed by atoms with van der Waals surface area (Å²) in [6.45, 7) is 4.25. The van der Waals surface area contributed by atoms with Crippen molar-refractivity contribution in [3.8, 4) is 11.5 Å². The second kappa shape index (κ2) is 5.01. The molecule has 1 N–H and O–H groups in total. The molecule has 0 bridgehead atoms. The van der Waals surface area contributed by atoms with Crippen molar-refractivity contribution in [3.63, 3.8) is 0 Å². The van der Waals surface area contributed by atoms with Crippen LogP contribution < -0.4 is 14.8 Å². The largest absolute Gasteiger partial charge is 0.586 e. The van der Waals surface area contributed by atoms with Gasteiger partial charge in [0.2, 0.25) is 0 Å². The first-order valence-electron chi connectivity index (χ1n) is 5.10. The van der Waals surface area contributed by atoms with Crippen LogP contribution in [0.4, 0.5) is 14.5 Å². The zero-order valence-electron chi connectivity index (χ0n) is 9.51. The van der Waals surface area contributed by atoms with Crippen molar-refractivity contribution in [3.05, 3.63) is 18.2 Å². The van der Waals surface area contributed by atoms with Gasteiger partial charge in [-0.15, -0.1) is 8.78 Å². The van der Waals surface area contributed by atoms with Gasteiger partial charge in [-0.25, -0.2) is 0 Å². The lowest BCUT2D eigenvalue weighted by Crippen LogP contribution is -2.25. The monoisotopic (exact) mass is 231 g/mol. The molecule has 0 radical (unpaired) electrons. The standard InChI is InChI=1S/C8H7F2NO2.C3H8/c1-11-5-2-3-6-7(4-5)13-8(9,10)12-6;1-3-2/h2-4,11H,1H3;3H2,1-2H3. The van der Waals surface area contributed by atoms with Gasteiger partial charge in [0.15, 0.2) is 11.5 Å². The normalized spacial score (nSPS) is 15.1. The molecule has 0 saturated heterocycles. The van der Waals surface area contributed by atoms with Crippen LogP contribution in [-0.2, 0) is 0 Å². The smallest absolute Gasteiger partial charge is 0.395 e. The summed E-state index contributed by atoms with van der Waals surface area (Å²) in [4.78, 5) is 0. The molecule has 0 fully saturated rings. The average Bonchev–Trinajstić information content (AvgIpc) is 2.51. The molecule has 0 unspecified atom stereocenters. The van der Waals surface area contributed by atoms with E-state index in [1.54, 1.807) is 13.1 Å². The van der Waals surface area contributed by atoms with E-state index >= 15 is 0 Å². The maximum atomic E-state index is 12.5. The highest BCUT2D eigenvalue weighted by Gasteiger charge is 2.43. The fourth-order valence-corrected chi connectivity index (χ4v) is 1.10. The summed E-state index contributed by atoms with van der Waals surface area (Å²) in [6.07, 6.45) is -2.28. The van der Waals surface area contributed by atoms with Gasteiger partial charge in [-0.05, 0) is 12.1 Å². The van der Waals surface area contributed by atoms with E-state index in [9.17, 15) is 8.78 Å². The summed E-state index contributed by atoms with van der Waals surface area (Å²) in [6, 6.07) is 4.52. The SMILES string of the molecule is CCC.CNc1ccc2c(c1)OC(F)(F)O2. The van der Waals surface area contributed by atoms with Crippen LogP contribution in [0.3, 0.4) is 0 Å². The minimum Gasteiger partial charge on any atom is -0.395 e. The summed E-state index contributed by atoms with van der Waals surface area (Å²) < 4.78 is 33.5. The summed E-state index contributed by atoms with van der Waals surface area (Å²) in [5, 5.41) is 2.80. The van der Waals surface area contributed by atoms with Crippen molar-refractivity contribution < 1.29 is 18.3 Å². The van der Waals surface area contributed by atoms with E-state index in [0.717, 1.165) is 0 Å². The van der Waals surface area contributed by atoms with Gasteiger partial charge in [-0.1, -0.05) is 20.3 Å². The quantitative estimate of drug-likeness (QED) is 0.802. The number of rotatable bonds is 1. The lowest BCUT2D eigenvalue weighted by Gasteiger charge is -2.04. The maximum absolute atomic E-state index is 12.5. The average molecular weight is 231 g/mol. The summed E-state index contributed by atoms with van der Waals surface area (Å²) in [5.74, 6) is 0.112.